The number of amides is 1. The van der Waals surface area contributed by atoms with E-state index >= 15 is 0 Å². The van der Waals surface area contributed by atoms with Gasteiger partial charge in [0.2, 0.25) is 0 Å². The van der Waals surface area contributed by atoms with Gasteiger partial charge < -0.3 is 15.3 Å². The van der Waals surface area contributed by atoms with Crippen LogP contribution < -0.4 is 16.0 Å². The number of carbonyl (C=O) groups is 2. The lowest BCUT2D eigenvalue weighted by molar-refractivity contribution is -0.130. The van der Waals surface area contributed by atoms with Gasteiger partial charge in [-0.3, -0.25) is 4.79 Å². The van der Waals surface area contributed by atoms with Crippen molar-refractivity contribution < 1.29 is 23.6 Å². The molecule has 0 aliphatic rings. The highest BCUT2D eigenvalue weighted by Gasteiger charge is 2.11. The smallest absolute Gasteiger partial charge is 0.362 e. The summed E-state index contributed by atoms with van der Waals surface area (Å²) < 4.78 is 19.2. The van der Waals surface area contributed by atoms with E-state index in [1.54, 1.807) is 43.5 Å². The molecule has 0 unspecified atom stereocenters. The molecule has 1 amide bonds. The van der Waals surface area contributed by atoms with Gasteiger partial charge in [-0.2, -0.15) is 5.48 Å². The zero-order chi connectivity index (χ0) is 20.8. The minimum atomic E-state index is -0.671. The normalized spacial score (nSPS) is 10.6. The number of aryl methyl sites for hydroxylation is 1. The minimum Gasteiger partial charge on any atom is -0.497 e. The Hall–Kier alpha value is -3.61. The topological polar surface area (TPSA) is 90.6 Å². The first-order chi connectivity index (χ1) is 14.0. The van der Waals surface area contributed by atoms with Crippen molar-refractivity contribution in [3.63, 3.8) is 0 Å². The Labute approximate surface area is 167 Å². The molecular weight excluding hydrogens is 375 g/mol. The number of nitrogen functional groups attached to an aromatic ring is 1. The van der Waals surface area contributed by atoms with Crippen LogP contribution >= 0.6 is 0 Å². The van der Waals surface area contributed by atoms with Crippen LogP contribution in [0.2, 0.25) is 0 Å². The lowest BCUT2D eigenvalue weighted by atomic mass is 9.99. The molecule has 0 heterocycles. The van der Waals surface area contributed by atoms with Crippen LogP contribution in [0.25, 0.3) is 10.8 Å². The number of hydroxylamine groups is 1. The summed E-state index contributed by atoms with van der Waals surface area (Å²) in [5.74, 6) is -0.761. The number of methoxy groups -OCH3 is 1. The van der Waals surface area contributed by atoms with Crippen molar-refractivity contribution in [2.45, 2.75) is 19.3 Å². The summed E-state index contributed by atoms with van der Waals surface area (Å²) in [7, 11) is 1.55. The van der Waals surface area contributed by atoms with Gasteiger partial charge in [0, 0.05) is 17.5 Å². The van der Waals surface area contributed by atoms with E-state index in [4.69, 9.17) is 15.3 Å². The molecule has 3 rings (SSSR count). The zero-order valence-electron chi connectivity index (χ0n) is 15.9. The van der Waals surface area contributed by atoms with Gasteiger partial charge >= 0.3 is 5.97 Å². The predicted molar refractivity (Wildman–Crippen MR) is 108 cm³/mol. The van der Waals surface area contributed by atoms with Crippen molar-refractivity contribution in [2.75, 3.05) is 12.8 Å². The van der Waals surface area contributed by atoms with Crippen molar-refractivity contribution >= 4 is 28.3 Å². The number of ether oxygens (including phenoxy) is 1. The lowest BCUT2D eigenvalue weighted by Crippen LogP contribution is -2.26. The fraction of sp³-hybridized carbons (Fsp3) is 0.182. The summed E-state index contributed by atoms with van der Waals surface area (Å²) in [5, 5.41) is 1.25. The first kappa shape index (κ1) is 20.1. The van der Waals surface area contributed by atoms with Gasteiger partial charge in [-0.1, -0.05) is 6.07 Å². The van der Waals surface area contributed by atoms with Crippen LogP contribution in [-0.2, 0) is 16.1 Å². The summed E-state index contributed by atoms with van der Waals surface area (Å²) in [5.41, 5.74) is 9.43. The van der Waals surface area contributed by atoms with Crippen molar-refractivity contribution in [1.82, 2.24) is 5.48 Å². The Morgan fingerprint density at radius 3 is 2.52 bits per heavy atom. The number of anilines is 1. The molecule has 0 saturated heterocycles. The second-order valence-electron chi connectivity index (χ2n) is 6.51. The van der Waals surface area contributed by atoms with Crippen LogP contribution in [0.15, 0.2) is 54.6 Å². The Kier molecular flexibility index (Phi) is 6.29. The fourth-order valence-electron chi connectivity index (χ4n) is 2.97. The molecule has 0 aliphatic carbocycles. The summed E-state index contributed by atoms with van der Waals surface area (Å²) >= 11 is 0. The molecule has 0 saturated carbocycles. The molecule has 0 spiro atoms. The zero-order valence-corrected chi connectivity index (χ0v) is 15.9. The van der Waals surface area contributed by atoms with Crippen molar-refractivity contribution in [3.8, 4) is 5.75 Å². The standard InChI is InChI=1S/C22H21FN2O4/c1-28-17-10-11-18-19(13-17)14(7-12-20(18)23)3-2-4-21(26)25-29-22(27)15-5-8-16(24)9-6-15/h5-13H,2-4,24H2,1H3,(H,25,26). The van der Waals surface area contributed by atoms with Crippen LogP contribution in [-0.4, -0.2) is 19.0 Å². The maximum absolute atomic E-state index is 14.0. The third-order valence-corrected chi connectivity index (χ3v) is 4.51. The monoisotopic (exact) mass is 396 g/mol. The highest BCUT2D eigenvalue weighted by Crippen LogP contribution is 2.27. The fourth-order valence-corrected chi connectivity index (χ4v) is 2.97. The van der Waals surface area contributed by atoms with Gasteiger partial charge in [-0.25, -0.2) is 9.18 Å². The van der Waals surface area contributed by atoms with Gasteiger partial charge in [0.15, 0.2) is 0 Å². The molecule has 3 aromatic rings. The average molecular weight is 396 g/mol. The summed E-state index contributed by atoms with van der Waals surface area (Å²) in [6, 6.07) is 14.4. The van der Waals surface area contributed by atoms with Crippen LogP contribution in [0.5, 0.6) is 5.75 Å². The highest BCUT2D eigenvalue weighted by molar-refractivity contribution is 5.91. The van der Waals surface area contributed by atoms with Crippen LogP contribution in [0.1, 0.15) is 28.8 Å². The predicted octanol–water partition coefficient (Wildman–Crippen LogP) is 3.78. The van der Waals surface area contributed by atoms with E-state index in [1.165, 1.54) is 18.2 Å². The van der Waals surface area contributed by atoms with E-state index in [1.807, 2.05) is 0 Å². The highest BCUT2D eigenvalue weighted by atomic mass is 19.1. The maximum atomic E-state index is 14.0. The number of nitrogens with one attached hydrogen (secondary N) is 1. The maximum Gasteiger partial charge on any atom is 0.362 e. The largest absolute Gasteiger partial charge is 0.497 e. The molecule has 29 heavy (non-hydrogen) atoms. The van der Waals surface area contributed by atoms with Gasteiger partial charge in [0.25, 0.3) is 5.91 Å². The van der Waals surface area contributed by atoms with Crippen LogP contribution in [0.4, 0.5) is 10.1 Å². The molecule has 0 atom stereocenters. The van der Waals surface area contributed by atoms with Crippen LogP contribution in [0.3, 0.4) is 0 Å². The Morgan fingerprint density at radius 1 is 1.03 bits per heavy atom. The number of nitrogens with two attached hydrogens (primary N) is 1. The molecule has 7 heteroatoms. The molecule has 150 valence electrons. The summed E-state index contributed by atoms with van der Waals surface area (Å²) in [6.07, 6.45) is 1.21. The number of fused-ring (bicyclic) bond motifs is 1. The number of benzene rings is 3. The number of rotatable bonds is 6. The third kappa shape index (κ3) is 5.01. The first-order valence-corrected chi connectivity index (χ1v) is 9.08. The number of halogens is 1. The van der Waals surface area contributed by atoms with E-state index < -0.39 is 11.9 Å². The van der Waals surface area contributed by atoms with E-state index in [9.17, 15) is 14.0 Å². The summed E-state index contributed by atoms with van der Waals surface area (Å²) in [4.78, 5) is 28.6. The van der Waals surface area contributed by atoms with Gasteiger partial charge in [0.05, 0.1) is 12.7 Å². The van der Waals surface area contributed by atoms with Gasteiger partial charge in [-0.15, -0.1) is 0 Å². The molecule has 0 aliphatic heterocycles. The second-order valence-corrected chi connectivity index (χ2v) is 6.51. The quantitative estimate of drug-likeness (QED) is 0.489. The number of hydrogen-bond acceptors (Lipinski definition) is 5. The summed E-state index contributed by atoms with van der Waals surface area (Å²) in [6.45, 7) is 0. The SMILES string of the molecule is COc1ccc2c(F)ccc(CCCC(=O)NOC(=O)c3ccc(N)cc3)c2c1. The molecule has 6 nitrogen and oxygen atoms in total. The molecule has 3 aromatic carbocycles. The minimum absolute atomic E-state index is 0.151. The molecule has 0 bridgehead atoms. The van der Waals surface area contributed by atoms with E-state index in [0.717, 1.165) is 10.9 Å². The first-order valence-electron chi connectivity index (χ1n) is 9.08. The molecule has 0 aromatic heterocycles. The second kappa shape index (κ2) is 9.05. The average Bonchev–Trinajstić information content (AvgIpc) is 2.74. The van der Waals surface area contributed by atoms with E-state index in [-0.39, 0.29) is 17.8 Å². The molecular formula is C22H21FN2O4. The Balaban J connectivity index is 1.54. The molecule has 3 N–H and O–H groups in total. The Bertz CT molecular complexity index is 1030. The number of hydrogen-bond donors (Lipinski definition) is 2. The Morgan fingerprint density at radius 2 is 1.79 bits per heavy atom. The van der Waals surface area contributed by atoms with Crippen molar-refractivity contribution in [1.29, 1.82) is 0 Å². The van der Waals surface area contributed by atoms with Crippen molar-refractivity contribution in [3.05, 3.63) is 71.5 Å². The third-order valence-electron chi connectivity index (χ3n) is 4.51. The van der Waals surface area contributed by atoms with Gasteiger partial charge in [0.1, 0.15) is 11.6 Å². The van der Waals surface area contributed by atoms with Crippen LogP contribution in [0, 0.1) is 5.82 Å². The molecule has 0 radical (unpaired) electrons. The number of carbonyl (C=O) groups excluding carboxylic acids is 2. The van der Waals surface area contributed by atoms with E-state index in [0.29, 0.717) is 29.7 Å². The molecule has 0 fully saturated rings. The van der Waals surface area contributed by atoms with Gasteiger partial charge in [-0.05, 0) is 72.3 Å². The van der Waals surface area contributed by atoms with E-state index in [2.05, 4.69) is 5.48 Å². The van der Waals surface area contributed by atoms with Crippen molar-refractivity contribution in [2.24, 2.45) is 0 Å². The lowest BCUT2D eigenvalue weighted by Gasteiger charge is -2.10.